The van der Waals surface area contributed by atoms with Crippen molar-refractivity contribution in [2.45, 2.75) is 69.6 Å². The molecule has 1 aliphatic carbocycles. The smallest absolute Gasteiger partial charge is 0.409 e. The second-order valence-corrected chi connectivity index (χ2v) is 15.0. The largest absolute Gasteiger partial charge is 0.508 e. The highest BCUT2D eigenvalue weighted by atomic mass is 19.1. The number of phenols is 1. The van der Waals surface area contributed by atoms with Crippen LogP contribution < -0.4 is 9.64 Å². The van der Waals surface area contributed by atoms with Crippen LogP contribution in [-0.4, -0.2) is 101 Å². The number of pyridine rings is 1. The number of hydrogen-bond acceptors (Lipinski definition) is 9. The van der Waals surface area contributed by atoms with E-state index in [-0.39, 0.29) is 55.2 Å². The van der Waals surface area contributed by atoms with Crippen LogP contribution in [0, 0.1) is 17.7 Å². The van der Waals surface area contributed by atoms with Crippen LogP contribution in [0.3, 0.4) is 0 Å². The van der Waals surface area contributed by atoms with Crippen molar-refractivity contribution in [2.75, 3.05) is 51.8 Å². The molecule has 4 fully saturated rings. The molecule has 2 aromatic carbocycles. The van der Waals surface area contributed by atoms with Crippen molar-refractivity contribution in [3.63, 3.8) is 0 Å². The minimum absolute atomic E-state index is 0.0242. The highest BCUT2D eigenvalue weighted by molar-refractivity contribution is 6.01. The van der Waals surface area contributed by atoms with E-state index in [0.717, 1.165) is 42.3 Å². The fourth-order valence-corrected chi connectivity index (χ4v) is 9.12. The molecule has 8 rings (SSSR count). The Morgan fingerprint density at radius 3 is 2.68 bits per heavy atom. The van der Waals surface area contributed by atoms with Crippen LogP contribution >= 0.6 is 0 Å². The predicted octanol–water partition coefficient (Wildman–Crippen LogP) is 6.51. The number of carbonyl (C=O) groups is 1. The number of amides is 1. The molecule has 1 saturated carbocycles. The molecule has 50 heavy (non-hydrogen) atoms. The average molecular weight is 687 g/mol. The summed E-state index contributed by atoms with van der Waals surface area (Å²) in [5, 5.41) is 12.8. The van der Waals surface area contributed by atoms with E-state index in [1.165, 1.54) is 24.2 Å². The molecule has 10 nitrogen and oxygen atoms in total. The third kappa shape index (κ3) is 5.75. The van der Waals surface area contributed by atoms with Crippen molar-refractivity contribution in [1.29, 1.82) is 0 Å². The summed E-state index contributed by atoms with van der Waals surface area (Å²) in [6, 6.07) is 9.00. The number of ether oxygens (including phenoxy) is 2. The zero-order valence-electron chi connectivity index (χ0n) is 28.9. The lowest BCUT2D eigenvalue weighted by Crippen LogP contribution is -2.48. The zero-order valence-corrected chi connectivity index (χ0v) is 28.9. The van der Waals surface area contributed by atoms with Gasteiger partial charge in [-0.3, -0.25) is 9.88 Å². The summed E-state index contributed by atoms with van der Waals surface area (Å²) in [4.78, 5) is 32.1. The van der Waals surface area contributed by atoms with Gasteiger partial charge in [0, 0.05) is 58.0 Å². The number of carbonyl (C=O) groups excluding carboxylic acids is 1. The fraction of sp³-hybridized carbons (Fsp3) is 0.526. The number of benzene rings is 2. The van der Waals surface area contributed by atoms with Crippen LogP contribution in [0.2, 0.25) is 0 Å². The van der Waals surface area contributed by atoms with Gasteiger partial charge in [-0.25, -0.2) is 13.6 Å². The first kappa shape index (κ1) is 32.9. The lowest BCUT2D eigenvalue weighted by molar-refractivity contribution is 0.0481. The Bertz CT molecular complexity index is 1950. The maximum Gasteiger partial charge on any atom is 0.409 e. The van der Waals surface area contributed by atoms with E-state index < -0.39 is 23.6 Å². The predicted molar refractivity (Wildman–Crippen MR) is 187 cm³/mol. The molecule has 5 atom stereocenters. The highest BCUT2D eigenvalue weighted by Crippen LogP contribution is 2.45. The molecule has 2 bridgehead atoms. The van der Waals surface area contributed by atoms with Crippen LogP contribution in [0.15, 0.2) is 36.5 Å². The standard InChI is InChI=1S/C38H44F2N6O4/c1-4-24-6-5-7-25-13-28(47)14-29(31(24)25)33-32(40)34-30(16-41-33)35(45-17-22-8-9-23(12-22)18-45)43-36(42-34)50-21-38-11-10-27(20-49-37(48)44(2)3)46(38)19-26(39)15-38/h5-7,13-14,16,22-23,26-27,47H,4,8-12,15,17-21H2,1-3H3/t22?,23?,26-,27-,38+/m1/s1. The van der Waals surface area contributed by atoms with Crippen molar-refractivity contribution in [3.05, 3.63) is 47.9 Å². The van der Waals surface area contributed by atoms with Crippen molar-refractivity contribution in [2.24, 2.45) is 11.8 Å². The summed E-state index contributed by atoms with van der Waals surface area (Å²) >= 11 is 0. The first-order valence-corrected chi connectivity index (χ1v) is 17.9. The van der Waals surface area contributed by atoms with Crippen LogP contribution in [0.1, 0.15) is 51.0 Å². The Morgan fingerprint density at radius 2 is 1.92 bits per heavy atom. The number of aryl methyl sites for hydroxylation is 1. The summed E-state index contributed by atoms with van der Waals surface area (Å²) in [6.07, 6.45) is 6.12. The minimum Gasteiger partial charge on any atom is -0.508 e. The van der Waals surface area contributed by atoms with Gasteiger partial charge in [0.25, 0.3) is 0 Å². The van der Waals surface area contributed by atoms with Crippen molar-refractivity contribution >= 4 is 33.6 Å². The summed E-state index contributed by atoms with van der Waals surface area (Å²) in [5.74, 6) is 1.11. The lowest BCUT2D eigenvalue weighted by atomic mass is 9.94. The molecule has 5 heterocycles. The van der Waals surface area contributed by atoms with E-state index >= 15 is 8.78 Å². The van der Waals surface area contributed by atoms with Gasteiger partial charge in [-0.05, 0) is 78.8 Å². The number of alkyl halides is 1. The molecule has 4 aromatic rings. The number of phenolic OH excluding ortho intramolecular Hbond substituents is 1. The SMILES string of the molecule is CCc1cccc2cc(O)cc(-c3ncc4c(N5CC6CCC(C6)C5)nc(OC[C@@]56CC[C@H](COC(=O)N(C)C)N5C[C@H](F)C6)nc4c3F)c12. The number of piperidine rings is 1. The Morgan fingerprint density at radius 1 is 1.12 bits per heavy atom. The van der Waals surface area contributed by atoms with Crippen LogP contribution in [0.25, 0.3) is 32.9 Å². The van der Waals surface area contributed by atoms with Gasteiger partial charge in [-0.1, -0.05) is 25.1 Å². The van der Waals surface area contributed by atoms with E-state index in [0.29, 0.717) is 35.0 Å². The number of hydrogen-bond donors (Lipinski definition) is 1. The van der Waals surface area contributed by atoms with Gasteiger partial charge in [-0.2, -0.15) is 9.97 Å². The topological polar surface area (TPSA) is 104 Å². The maximum atomic E-state index is 17.0. The average Bonchev–Trinajstić information content (AvgIpc) is 3.74. The van der Waals surface area contributed by atoms with Gasteiger partial charge < -0.3 is 24.4 Å². The van der Waals surface area contributed by atoms with Gasteiger partial charge in [0.2, 0.25) is 0 Å². The van der Waals surface area contributed by atoms with Crippen molar-refractivity contribution in [3.8, 4) is 23.0 Å². The fourth-order valence-electron chi connectivity index (χ4n) is 9.12. The third-order valence-electron chi connectivity index (χ3n) is 11.5. The quantitative estimate of drug-likeness (QED) is 0.222. The van der Waals surface area contributed by atoms with Crippen LogP contribution in [0.4, 0.5) is 19.4 Å². The number of anilines is 1. The molecule has 4 aliphatic rings. The lowest BCUT2D eigenvalue weighted by Gasteiger charge is -2.35. The van der Waals surface area contributed by atoms with Crippen molar-refractivity contribution in [1.82, 2.24) is 24.8 Å². The maximum absolute atomic E-state index is 17.0. The van der Waals surface area contributed by atoms with E-state index in [4.69, 9.17) is 14.5 Å². The summed E-state index contributed by atoms with van der Waals surface area (Å²) in [7, 11) is 3.26. The van der Waals surface area contributed by atoms with Crippen molar-refractivity contribution < 1.29 is 28.2 Å². The zero-order chi connectivity index (χ0) is 34.7. The molecule has 0 spiro atoms. The van der Waals surface area contributed by atoms with Gasteiger partial charge in [0.05, 0.1) is 10.9 Å². The summed E-state index contributed by atoms with van der Waals surface area (Å²) in [6.45, 7) is 4.20. The monoisotopic (exact) mass is 686 g/mol. The number of halogens is 2. The van der Waals surface area contributed by atoms with Gasteiger partial charge in [-0.15, -0.1) is 0 Å². The normalized spacial score (nSPS) is 26.1. The number of rotatable bonds is 8. The molecule has 1 N–H and O–H groups in total. The molecular weight excluding hydrogens is 642 g/mol. The summed E-state index contributed by atoms with van der Waals surface area (Å²) < 4.78 is 43.9. The van der Waals surface area contributed by atoms with E-state index in [2.05, 4.69) is 19.8 Å². The van der Waals surface area contributed by atoms with Crippen LogP contribution in [-0.2, 0) is 11.2 Å². The third-order valence-corrected chi connectivity index (χ3v) is 11.5. The molecule has 12 heteroatoms. The molecular formula is C38H44F2N6O4. The summed E-state index contributed by atoms with van der Waals surface area (Å²) in [5.41, 5.74) is 1.10. The number of nitrogens with zero attached hydrogens (tertiary/aromatic N) is 6. The Labute approximate surface area is 290 Å². The van der Waals surface area contributed by atoms with Gasteiger partial charge in [0.1, 0.15) is 42.2 Å². The van der Waals surface area contributed by atoms with E-state index in [1.807, 2.05) is 25.1 Å². The van der Waals surface area contributed by atoms with E-state index in [1.54, 1.807) is 32.4 Å². The first-order chi connectivity index (χ1) is 24.1. The number of aromatic nitrogens is 3. The van der Waals surface area contributed by atoms with Gasteiger partial charge >= 0.3 is 12.1 Å². The second-order valence-electron chi connectivity index (χ2n) is 15.0. The Hall–Kier alpha value is -4.32. The molecule has 3 saturated heterocycles. The Balaban J connectivity index is 1.18. The highest BCUT2D eigenvalue weighted by Gasteiger charge is 2.54. The molecule has 2 aromatic heterocycles. The van der Waals surface area contributed by atoms with Crippen LogP contribution in [0.5, 0.6) is 11.8 Å². The molecule has 1 amide bonds. The van der Waals surface area contributed by atoms with E-state index in [9.17, 15) is 9.90 Å². The van der Waals surface area contributed by atoms with Gasteiger partial charge in [0.15, 0.2) is 5.82 Å². The molecule has 264 valence electrons. The molecule has 2 unspecified atom stereocenters. The second kappa shape index (κ2) is 12.8. The number of fused-ring (bicyclic) bond motifs is 5. The Kier molecular flexibility index (Phi) is 8.40. The molecule has 3 aliphatic heterocycles. The molecule has 0 radical (unpaired) electrons. The minimum atomic E-state index is -1.04. The first-order valence-electron chi connectivity index (χ1n) is 17.9. The number of aromatic hydroxyl groups is 1.